The maximum absolute atomic E-state index is 4.62. The number of aromatic nitrogens is 1. The Kier molecular flexibility index (Phi) is 11.3. The van der Waals surface area contributed by atoms with Gasteiger partial charge in [-0.2, -0.15) is 0 Å². The van der Waals surface area contributed by atoms with Crippen LogP contribution >= 0.6 is 11.3 Å². The van der Waals surface area contributed by atoms with Crippen molar-refractivity contribution in [3.8, 4) is 11.3 Å². The van der Waals surface area contributed by atoms with Gasteiger partial charge < -0.3 is 15.6 Å². The van der Waals surface area contributed by atoms with Crippen molar-refractivity contribution in [1.82, 2.24) is 4.98 Å². The van der Waals surface area contributed by atoms with E-state index in [1.807, 2.05) is 24.4 Å². The Morgan fingerprint density at radius 3 is 2.06 bits per heavy atom. The molecule has 5 heteroatoms. The molecule has 0 atom stereocenters. The minimum atomic E-state index is -0.00815. The van der Waals surface area contributed by atoms with Crippen LogP contribution in [-0.4, -0.2) is 17.1 Å². The van der Waals surface area contributed by atoms with Crippen molar-refractivity contribution in [1.29, 1.82) is 0 Å². The average molecular weight is 663 g/mol. The Morgan fingerprint density at radius 1 is 0.857 bits per heavy atom. The van der Waals surface area contributed by atoms with E-state index in [1.54, 1.807) is 11.3 Å². The van der Waals surface area contributed by atoms with Crippen LogP contribution in [-0.2, 0) is 25.5 Å². The third kappa shape index (κ3) is 8.63. The number of nitrogens with zero attached hydrogens (tertiary/aromatic N) is 3. The van der Waals surface area contributed by atoms with E-state index in [1.165, 1.54) is 21.2 Å². The van der Waals surface area contributed by atoms with Crippen molar-refractivity contribution in [3.05, 3.63) is 100 Å². The Labute approximate surface area is 229 Å². The molecule has 3 nitrogen and oxygen atoms in total. The fourth-order valence-corrected chi connectivity index (χ4v) is 4.33. The van der Waals surface area contributed by atoms with Gasteiger partial charge in [0.1, 0.15) is 0 Å². The first-order valence-corrected chi connectivity index (χ1v) is 12.8. The normalized spacial score (nSPS) is 11.5. The minimum absolute atomic E-state index is 0. The number of benzene rings is 2. The molecular weight excluding hydrogens is 627 g/mol. The molecule has 0 saturated heterocycles. The van der Waals surface area contributed by atoms with Gasteiger partial charge in [-0.25, -0.2) is 6.17 Å². The fourth-order valence-electron chi connectivity index (χ4n) is 3.55. The van der Waals surface area contributed by atoms with Gasteiger partial charge in [-0.3, -0.25) is 0 Å². The molecule has 2 heterocycles. The van der Waals surface area contributed by atoms with E-state index in [-0.39, 0.29) is 31.7 Å². The van der Waals surface area contributed by atoms with Gasteiger partial charge in [0.25, 0.3) is 0 Å². The third-order valence-electron chi connectivity index (χ3n) is 5.29. The first-order valence-electron chi connectivity index (χ1n) is 11.9. The molecule has 0 unspecified atom stereocenters. The van der Waals surface area contributed by atoms with E-state index in [4.69, 9.17) is 0 Å². The minimum Gasteiger partial charge on any atom is -0.672 e. The molecule has 0 amide bonds. The predicted molar refractivity (Wildman–Crippen MR) is 149 cm³/mol. The van der Waals surface area contributed by atoms with E-state index < -0.39 is 0 Å². The molecule has 0 aliphatic rings. The number of hydrogen-bond acceptors (Lipinski definition) is 2. The standard InChI is InChI=1S/C17H16NS.C13H20N2.Ir/c1-17(2,3)13-6-4-12(5-7-13)16-14-9-11-19-15(14)8-10-18-16;1-10(2)14-13(15-11(3)4)12-8-6-5-7-9-12;/h4,6-11H,1-3H3;5-11,13H,1-4H3;/q-1;-2;+3. The van der Waals surface area contributed by atoms with Gasteiger partial charge in [0.2, 0.25) is 0 Å². The maximum atomic E-state index is 4.62. The summed E-state index contributed by atoms with van der Waals surface area (Å²) in [6.45, 7) is 15.0. The Bertz CT molecular complexity index is 1140. The summed E-state index contributed by atoms with van der Waals surface area (Å²) in [5.74, 6) is 0. The summed E-state index contributed by atoms with van der Waals surface area (Å²) in [5, 5.41) is 12.6. The molecule has 0 aliphatic carbocycles. The Morgan fingerprint density at radius 2 is 1.51 bits per heavy atom. The first kappa shape index (κ1) is 29.4. The Hall–Kier alpha value is -1.88. The van der Waals surface area contributed by atoms with Gasteiger partial charge in [-0.05, 0) is 27.9 Å². The van der Waals surface area contributed by atoms with Gasteiger partial charge >= 0.3 is 20.1 Å². The first-order chi connectivity index (χ1) is 16.1. The zero-order valence-electron chi connectivity index (χ0n) is 21.7. The molecule has 0 N–H and O–H groups in total. The molecular formula is C30H36IrN3S. The van der Waals surface area contributed by atoms with Crippen molar-refractivity contribution in [3.63, 3.8) is 0 Å². The third-order valence-corrected chi connectivity index (χ3v) is 6.17. The summed E-state index contributed by atoms with van der Waals surface area (Å²) in [6.07, 6.45) is 1.87. The van der Waals surface area contributed by atoms with Crippen LogP contribution in [0.3, 0.4) is 0 Å². The van der Waals surface area contributed by atoms with Crippen LogP contribution < -0.4 is 0 Å². The zero-order chi connectivity index (χ0) is 24.7. The molecule has 0 bridgehead atoms. The zero-order valence-corrected chi connectivity index (χ0v) is 25.0. The van der Waals surface area contributed by atoms with Crippen molar-refractivity contribution in [2.24, 2.45) is 0 Å². The van der Waals surface area contributed by atoms with Crippen LogP contribution in [0.5, 0.6) is 0 Å². The predicted octanol–water partition coefficient (Wildman–Crippen LogP) is 9.31. The van der Waals surface area contributed by atoms with E-state index in [2.05, 4.69) is 118 Å². The van der Waals surface area contributed by atoms with Gasteiger partial charge in [-0.1, -0.05) is 90.4 Å². The van der Waals surface area contributed by atoms with Crippen LogP contribution in [0, 0.1) is 6.07 Å². The average Bonchev–Trinajstić information content (AvgIpc) is 3.28. The number of fused-ring (bicyclic) bond motifs is 1. The van der Waals surface area contributed by atoms with E-state index >= 15 is 0 Å². The molecule has 2 aromatic carbocycles. The molecule has 186 valence electrons. The van der Waals surface area contributed by atoms with Crippen molar-refractivity contribution < 1.29 is 20.1 Å². The molecule has 0 radical (unpaired) electrons. The largest absolute Gasteiger partial charge is 3.00 e. The molecule has 0 aliphatic heterocycles. The second-order valence-corrected chi connectivity index (χ2v) is 11.0. The summed E-state index contributed by atoms with van der Waals surface area (Å²) in [4.78, 5) is 4.52. The topological polar surface area (TPSA) is 41.1 Å². The summed E-state index contributed by atoms with van der Waals surface area (Å²) < 4.78 is 1.28. The Balaban J connectivity index is 0.000000247. The van der Waals surface area contributed by atoms with Crippen molar-refractivity contribution >= 4 is 21.4 Å². The van der Waals surface area contributed by atoms with Gasteiger partial charge in [0, 0.05) is 10.9 Å². The van der Waals surface area contributed by atoms with Crippen LogP contribution in [0.15, 0.2) is 72.2 Å². The summed E-state index contributed by atoms with van der Waals surface area (Å²) in [5.41, 5.74) is 4.74. The number of hydrogen-bond donors (Lipinski definition) is 0. The van der Waals surface area contributed by atoms with Gasteiger partial charge in [0.15, 0.2) is 0 Å². The molecule has 0 spiro atoms. The maximum Gasteiger partial charge on any atom is 3.00 e. The van der Waals surface area contributed by atoms with E-state index in [9.17, 15) is 0 Å². The molecule has 2 aromatic heterocycles. The van der Waals surface area contributed by atoms with E-state index in [0.717, 1.165) is 11.3 Å². The molecule has 4 aromatic rings. The number of thiophene rings is 1. The second-order valence-electron chi connectivity index (χ2n) is 10.0. The smallest absolute Gasteiger partial charge is 0.672 e. The fraction of sp³-hybridized carbons (Fsp3) is 0.367. The molecule has 0 saturated carbocycles. The van der Waals surface area contributed by atoms with Crippen LogP contribution in [0.1, 0.15) is 65.8 Å². The molecule has 0 fully saturated rings. The quantitative estimate of drug-likeness (QED) is 0.190. The van der Waals surface area contributed by atoms with Gasteiger partial charge in [-0.15, -0.1) is 58.8 Å². The van der Waals surface area contributed by atoms with Gasteiger partial charge in [0.05, 0.1) is 0 Å². The SMILES string of the molecule is CC(C)(C)c1c[c-]c(-c2nccc3sccc23)cc1.CC(C)[N-]C([N-]C(C)C)c1ccccc1.[Ir+3]. The summed E-state index contributed by atoms with van der Waals surface area (Å²) in [7, 11) is 0. The molecule has 35 heavy (non-hydrogen) atoms. The van der Waals surface area contributed by atoms with Crippen LogP contribution in [0.25, 0.3) is 32.0 Å². The monoisotopic (exact) mass is 663 g/mol. The van der Waals surface area contributed by atoms with Crippen molar-refractivity contribution in [2.45, 2.75) is 72.1 Å². The van der Waals surface area contributed by atoms with Crippen LogP contribution in [0.2, 0.25) is 0 Å². The van der Waals surface area contributed by atoms with Crippen LogP contribution in [0.4, 0.5) is 0 Å². The van der Waals surface area contributed by atoms with Crippen molar-refractivity contribution in [2.75, 3.05) is 0 Å². The van der Waals surface area contributed by atoms with E-state index in [0.29, 0.717) is 12.1 Å². The summed E-state index contributed by atoms with van der Waals surface area (Å²) >= 11 is 1.75. The second kappa shape index (κ2) is 13.4. The number of pyridine rings is 1. The number of rotatable bonds is 6. The summed E-state index contributed by atoms with van der Waals surface area (Å²) in [6, 6.07) is 24.9. The molecule has 4 rings (SSSR count).